The number of anilines is 1. The Bertz CT molecular complexity index is 1730. The van der Waals surface area contributed by atoms with Gasteiger partial charge in [-0.25, -0.2) is 0 Å². The zero-order valence-corrected chi connectivity index (χ0v) is 28.5. The number of rotatable bonds is 16. The van der Waals surface area contributed by atoms with Crippen molar-refractivity contribution in [2.24, 2.45) is 5.92 Å². The van der Waals surface area contributed by atoms with Crippen LogP contribution in [0.2, 0.25) is 0 Å². The summed E-state index contributed by atoms with van der Waals surface area (Å²) in [4.78, 5) is 24.7. The minimum absolute atomic E-state index is 0.00908. The molecule has 0 radical (unpaired) electrons. The molecule has 0 spiro atoms. The van der Waals surface area contributed by atoms with Crippen molar-refractivity contribution in [3.63, 3.8) is 0 Å². The molecule has 0 saturated heterocycles. The number of nitro groups is 1. The van der Waals surface area contributed by atoms with Crippen LogP contribution in [0.25, 0.3) is 0 Å². The molecule has 0 fully saturated rings. The van der Waals surface area contributed by atoms with Crippen molar-refractivity contribution >= 4 is 27.6 Å². The van der Waals surface area contributed by atoms with Crippen molar-refractivity contribution in [2.45, 2.75) is 59.6 Å². The van der Waals surface area contributed by atoms with Gasteiger partial charge >= 0.3 is 16.3 Å². The second-order valence-corrected chi connectivity index (χ2v) is 13.4. The summed E-state index contributed by atoms with van der Waals surface area (Å²) in [5, 5.41) is 24.8. The molecule has 3 aromatic carbocycles. The van der Waals surface area contributed by atoms with Gasteiger partial charge in [0.2, 0.25) is 0 Å². The normalized spacial score (nSPS) is 15.5. The van der Waals surface area contributed by atoms with E-state index in [0.717, 1.165) is 11.1 Å². The van der Waals surface area contributed by atoms with E-state index in [0.29, 0.717) is 40.9 Å². The largest absolute Gasteiger partial charge is 0.466 e. The number of hydrogen-bond acceptors (Lipinski definition) is 10. The Kier molecular flexibility index (Phi) is 12.6. The van der Waals surface area contributed by atoms with Crippen LogP contribution in [0.4, 0.5) is 11.4 Å². The van der Waals surface area contributed by atoms with Gasteiger partial charge in [-0.05, 0) is 67.0 Å². The summed E-state index contributed by atoms with van der Waals surface area (Å²) in [6.45, 7) is 7.92. The summed E-state index contributed by atoms with van der Waals surface area (Å²) in [6.07, 6.45) is 2.11. The van der Waals surface area contributed by atoms with Crippen molar-refractivity contribution in [3.8, 4) is 0 Å². The number of esters is 1. The van der Waals surface area contributed by atoms with Gasteiger partial charge < -0.3 is 24.1 Å². The molecule has 0 saturated carbocycles. The van der Waals surface area contributed by atoms with E-state index in [-0.39, 0.29) is 56.9 Å². The predicted octanol–water partition coefficient (Wildman–Crippen LogP) is 5.86. The summed E-state index contributed by atoms with van der Waals surface area (Å²) in [5.41, 5.74) is 4.27. The summed E-state index contributed by atoms with van der Waals surface area (Å²) in [7, 11) is -4.18. The van der Waals surface area contributed by atoms with Gasteiger partial charge in [-0.1, -0.05) is 61.5 Å². The van der Waals surface area contributed by atoms with E-state index in [4.69, 9.17) is 13.7 Å². The number of nitro benzene ring substituents is 1. The number of hydrogen-bond donors (Lipinski definition) is 2. The predicted molar refractivity (Wildman–Crippen MR) is 181 cm³/mol. The van der Waals surface area contributed by atoms with E-state index in [1.807, 2.05) is 62.4 Å². The zero-order chi connectivity index (χ0) is 34.8. The molecule has 1 unspecified atom stereocenters. The maximum Gasteiger partial charge on any atom is 0.388 e. The van der Waals surface area contributed by atoms with Crippen molar-refractivity contribution in [1.29, 1.82) is 0 Å². The highest BCUT2D eigenvalue weighted by Gasteiger charge is 2.32. The minimum Gasteiger partial charge on any atom is -0.466 e. The number of carbonyl (C=O) groups is 1. The van der Waals surface area contributed by atoms with E-state index in [1.54, 1.807) is 32.1 Å². The summed E-state index contributed by atoms with van der Waals surface area (Å²) in [6, 6.07) is 18.2. The van der Waals surface area contributed by atoms with E-state index in [9.17, 15) is 28.4 Å². The van der Waals surface area contributed by atoms with Gasteiger partial charge in [0.05, 0.1) is 18.0 Å². The standard InChI is InChI=1S/C35H43N3O9S/c1-5-45-33(40)20-31(30-13-14-32(35(26(30)4)38(41)42)36-17-15-24(2)22-39)28-12-11-25(3)29(19-28)21-37-18-16-34(47-48(37,43)44)46-23-27-9-7-6-8-10-27/h6-14,16,19,24,31,36,39H,5,15,17-18,20-23H2,1-4H3/t24-,31?/m1/s1. The van der Waals surface area contributed by atoms with Gasteiger partial charge in [-0.2, -0.15) is 12.7 Å². The molecule has 4 rings (SSSR count). The lowest BCUT2D eigenvalue weighted by Crippen LogP contribution is -2.36. The molecule has 1 aliphatic heterocycles. The first-order valence-electron chi connectivity index (χ1n) is 15.9. The molecule has 3 aromatic rings. The molecule has 2 N–H and O–H groups in total. The van der Waals surface area contributed by atoms with Gasteiger partial charge in [0.1, 0.15) is 12.3 Å². The van der Waals surface area contributed by atoms with E-state index >= 15 is 0 Å². The smallest absolute Gasteiger partial charge is 0.388 e. The number of carbonyl (C=O) groups excluding carboxylic acids is 1. The summed E-state index contributed by atoms with van der Waals surface area (Å²) in [5.74, 6) is -1.13. The molecule has 0 amide bonds. The Balaban J connectivity index is 1.62. The molecular weight excluding hydrogens is 638 g/mol. The number of nitrogens with zero attached hydrogens (tertiary/aromatic N) is 2. The molecule has 48 heavy (non-hydrogen) atoms. The van der Waals surface area contributed by atoms with Crippen LogP contribution in [0.5, 0.6) is 0 Å². The van der Waals surface area contributed by atoms with Crippen LogP contribution in [0.15, 0.2) is 72.7 Å². The van der Waals surface area contributed by atoms with Gasteiger partial charge in [0.15, 0.2) is 0 Å². The van der Waals surface area contributed by atoms with E-state index in [1.165, 1.54) is 4.31 Å². The molecule has 0 bridgehead atoms. The molecular formula is C35H43N3O9S. The fourth-order valence-electron chi connectivity index (χ4n) is 5.49. The molecule has 0 aliphatic carbocycles. The Labute approximate surface area is 281 Å². The Morgan fingerprint density at radius 1 is 1.15 bits per heavy atom. The topological polar surface area (TPSA) is 158 Å². The zero-order valence-electron chi connectivity index (χ0n) is 27.7. The Hall–Kier alpha value is -4.46. The van der Waals surface area contributed by atoms with Crippen molar-refractivity contribution in [3.05, 3.63) is 116 Å². The molecule has 1 aliphatic rings. The molecule has 0 aromatic heterocycles. The lowest BCUT2D eigenvalue weighted by atomic mass is 9.84. The highest BCUT2D eigenvalue weighted by atomic mass is 32.2. The first-order valence-corrected chi connectivity index (χ1v) is 17.2. The lowest BCUT2D eigenvalue weighted by Gasteiger charge is -2.27. The van der Waals surface area contributed by atoms with Crippen LogP contribution in [0.3, 0.4) is 0 Å². The highest BCUT2D eigenvalue weighted by Crippen LogP contribution is 2.39. The van der Waals surface area contributed by atoms with Crippen LogP contribution in [-0.4, -0.2) is 55.0 Å². The highest BCUT2D eigenvalue weighted by molar-refractivity contribution is 7.84. The van der Waals surface area contributed by atoms with Gasteiger partial charge in [0.25, 0.3) is 11.6 Å². The maximum atomic E-state index is 13.1. The first kappa shape index (κ1) is 36.4. The third-order valence-corrected chi connectivity index (χ3v) is 9.57. The number of benzene rings is 3. The van der Waals surface area contributed by atoms with Gasteiger partial charge in [-0.15, -0.1) is 0 Å². The summed E-state index contributed by atoms with van der Waals surface area (Å²) >= 11 is 0. The molecule has 12 nitrogen and oxygen atoms in total. The van der Waals surface area contributed by atoms with E-state index < -0.39 is 27.1 Å². The Morgan fingerprint density at radius 3 is 2.56 bits per heavy atom. The summed E-state index contributed by atoms with van der Waals surface area (Å²) < 4.78 is 43.6. The third kappa shape index (κ3) is 9.33. The molecule has 1 heterocycles. The average Bonchev–Trinajstić information content (AvgIpc) is 3.05. The number of aryl methyl sites for hydroxylation is 1. The molecule has 2 atom stereocenters. The van der Waals surface area contributed by atoms with Crippen LogP contribution in [0, 0.1) is 29.9 Å². The van der Waals surface area contributed by atoms with E-state index in [2.05, 4.69) is 5.32 Å². The van der Waals surface area contributed by atoms with Crippen molar-refractivity contribution in [2.75, 3.05) is 31.6 Å². The molecule has 13 heteroatoms. The second kappa shape index (κ2) is 16.6. The van der Waals surface area contributed by atoms with Crippen molar-refractivity contribution < 1.29 is 36.9 Å². The van der Waals surface area contributed by atoms with Gasteiger partial charge in [-0.3, -0.25) is 14.9 Å². The average molecular weight is 682 g/mol. The quantitative estimate of drug-likeness (QED) is 0.107. The SMILES string of the molecule is CCOC(=O)CC(c1ccc(C)c(CN2CC=C(OCc3ccccc3)OS2(=O)=O)c1)c1ccc(NCC[C@@H](C)CO)c([N+](=O)[O-])c1C. The monoisotopic (exact) mass is 681 g/mol. The second-order valence-electron chi connectivity index (χ2n) is 11.8. The number of aliphatic hydroxyl groups is 1. The van der Waals surface area contributed by atoms with Crippen LogP contribution < -0.4 is 5.32 Å². The van der Waals surface area contributed by atoms with Gasteiger partial charge in [0, 0.05) is 43.8 Å². The first-order chi connectivity index (χ1) is 22.9. The lowest BCUT2D eigenvalue weighted by molar-refractivity contribution is -0.384. The van der Waals surface area contributed by atoms with Crippen LogP contribution in [0.1, 0.15) is 66.0 Å². The number of aliphatic hydroxyl groups excluding tert-OH is 1. The Morgan fingerprint density at radius 2 is 1.90 bits per heavy atom. The van der Waals surface area contributed by atoms with Crippen LogP contribution >= 0.6 is 0 Å². The number of nitrogens with one attached hydrogen (secondary N) is 1. The minimum atomic E-state index is -4.18. The maximum absolute atomic E-state index is 13.1. The number of ether oxygens (including phenoxy) is 2. The fraction of sp³-hybridized carbons (Fsp3) is 0.400. The third-order valence-electron chi connectivity index (χ3n) is 8.28. The van der Waals surface area contributed by atoms with Crippen LogP contribution in [-0.2, 0) is 41.9 Å². The molecule has 258 valence electrons. The fourth-order valence-corrected chi connectivity index (χ4v) is 6.48. The van der Waals surface area contributed by atoms with Crippen molar-refractivity contribution in [1.82, 2.24) is 4.31 Å².